The highest BCUT2D eigenvalue weighted by Crippen LogP contribution is 2.36. The van der Waals surface area contributed by atoms with Crippen molar-refractivity contribution in [1.29, 1.82) is 0 Å². The Bertz CT molecular complexity index is 945. The maximum atomic E-state index is 12.5. The third-order valence-corrected chi connectivity index (χ3v) is 5.65. The Labute approximate surface area is 160 Å². The number of hydrogen-bond acceptors (Lipinski definition) is 4. The number of aryl methyl sites for hydroxylation is 1. The standard InChI is InChI=1S/C20H24N2O4S/c1-20(2,3)15-9-7-14(8-10-15)11-12-27(24,25)22-17-6-4-5-16-19(17)26-13-18(23)21-16/h4-10,22H,11-13H2,1-3H3,(H,21,23). The Balaban J connectivity index is 1.68. The van der Waals surface area contributed by atoms with Crippen molar-refractivity contribution in [2.24, 2.45) is 0 Å². The van der Waals surface area contributed by atoms with Gasteiger partial charge in [-0.15, -0.1) is 0 Å². The lowest BCUT2D eigenvalue weighted by atomic mass is 9.86. The van der Waals surface area contributed by atoms with Crippen molar-refractivity contribution in [2.45, 2.75) is 32.6 Å². The van der Waals surface area contributed by atoms with Gasteiger partial charge in [0.05, 0.1) is 17.1 Å². The summed E-state index contributed by atoms with van der Waals surface area (Å²) in [5, 5.41) is 2.66. The molecule has 0 bridgehead atoms. The molecule has 3 rings (SSSR count). The van der Waals surface area contributed by atoms with E-state index in [1.807, 2.05) is 24.3 Å². The zero-order valence-electron chi connectivity index (χ0n) is 15.7. The second-order valence-corrected chi connectivity index (χ2v) is 9.48. The summed E-state index contributed by atoms with van der Waals surface area (Å²) < 4.78 is 32.9. The van der Waals surface area contributed by atoms with Crippen molar-refractivity contribution < 1.29 is 17.9 Å². The predicted octanol–water partition coefficient (Wildman–Crippen LogP) is 3.30. The van der Waals surface area contributed by atoms with Crippen molar-refractivity contribution in [3.05, 3.63) is 53.6 Å². The lowest BCUT2D eigenvalue weighted by molar-refractivity contribution is -0.118. The molecule has 2 N–H and O–H groups in total. The van der Waals surface area contributed by atoms with E-state index in [1.54, 1.807) is 18.2 Å². The zero-order valence-corrected chi connectivity index (χ0v) is 16.5. The van der Waals surface area contributed by atoms with E-state index in [9.17, 15) is 13.2 Å². The molecule has 0 atom stereocenters. The first-order valence-electron chi connectivity index (χ1n) is 8.80. The summed E-state index contributed by atoms with van der Waals surface area (Å²) in [7, 11) is -3.56. The summed E-state index contributed by atoms with van der Waals surface area (Å²) in [6, 6.07) is 13.0. The van der Waals surface area contributed by atoms with Gasteiger partial charge in [0.15, 0.2) is 12.4 Å². The molecular formula is C20H24N2O4S. The molecule has 0 saturated carbocycles. The number of para-hydroxylation sites is 1. The number of benzene rings is 2. The fraction of sp³-hybridized carbons (Fsp3) is 0.350. The number of amides is 1. The number of fused-ring (bicyclic) bond motifs is 1. The molecule has 0 fully saturated rings. The minimum Gasteiger partial charge on any atom is -0.479 e. The summed E-state index contributed by atoms with van der Waals surface area (Å²) in [5.41, 5.74) is 3.03. The first kappa shape index (κ1) is 19.2. The van der Waals surface area contributed by atoms with E-state index in [4.69, 9.17) is 4.74 Å². The number of anilines is 2. The average molecular weight is 388 g/mol. The van der Waals surface area contributed by atoms with Gasteiger partial charge in [-0.3, -0.25) is 9.52 Å². The van der Waals surface area contributed by atoms with E-state index in [0.717, 1.165) is 5.56 Å². The van der Waals surface area contributed by atoms with Crippen LogP contribution in [0, 0.1) is 0 Å². The van der Waals surface area contributed by atoms with Crippen LogP contribution in [0.25, 0.3) is 0 Å². The van der Waals surface area contributed by atoms with Crippen molar-refractivity contribution in [3.8, 4) is 5.75 Å². The number of carbonyl (C=O) groups excluding carboxylic acids is 1. The van der Waals surface area contributed by atoms with Crippen LogP contribution in [0.3, 0.4) is 0 Å². The number of carbonyl (C=O) groups is 1. The molecule has 0 saturated heterocycles. The Morgan fingerprint density at radius 1 is 1.11 bits per heavy atom. The van der Waals surface area contributed by atoms with E-state index >= 15 is 0 Å². The Kier molecular flexibility index (Phi) is 5.15. The molecule has 144 valence electrons. The molecule has 0 aliphatic carbocycles. The number of ether oxygens (including phenoxy) is 1. The van der Waals surface area contributed by atoms with Gasteiger partial charge in [-0.25, -0.2) is 8.42 Å². The molecule has 1 aliphatic rings. The first-order valence-corrected chi connectivity index (χ1v) is 10.4. The summed E-state index contributed by atoms with van der Waals surface area (Å²) in [5.74, 6) is 0.0363. The molecule has 1 aliphatic heterocycles. The minimum atomic E-state index is -3.56. The minimum absolute atomic E-state index is 0.0438. The summed E-state index contributed by atoms with van der Waals surface area (Å²) in [6.45, 7) is 6.29. The Morgan fingerprint density at radius 3 is 2.48 bits per heavy atom. The maximum Gasteiger partial charge on any atom is 0.262 e. The van der Waals surface area contributed by atoms with Gasteiger partial charge in [0.25, 0.3) is 5.91 Å². The topological polar surface area (TPSA) is 84.5 Å². The maximum absolute atomic E-state index is 12.5. The van der Waals surface area contributed by atoms with Crippen molar-refractivity contribution in [3.63, 3.8) is 0 Å². The van der Waals surface area contributed by atoms with E-state index in [2.05, 4.69) is 30.8 Å². The summed E-state index contributed by atoms with van der Waals surface area (Å²) in [6.07, 6.45) is 0.409. The monoisotopic (exact) mass is 388 g/mol. The van der Waals surface area contributed by atoms with Crippen LogP contribution in [0.2, 0.25) is 0 Å². The molecule has 6 nitrogen and oxygen atoms in total. The molecule has 2 aromatic rings. The predicted molar refractivity (Wildman–Crippen MR) is 107 cm³/mol. The highest BCUT2D eigenvalue weighted by atomic mass is 32.2. The molecule has 0 aromatic heterocycles. The molecule has 2 aromatic carbocycles. The number of sulfonamides is 1. The van der Waals surface area contributed by atoms with Crippen LogP contribution < -0.4 is 14.8 Å². The van der Waals surface area contributed by atoms with Crippen molar-refractivity contribution >= 4 is 27.3 Å². The van der Waals surface area contributed by atoms with E-state index in [0.29, 0.717) is 23.5 Å². The Hall–Kier alpha value is -2.54. The molecule has 0 radical (unpaired) electrons. The van der Waals surface area contributed by atoms with Gasteiger partial charge in [0, 0.05) is 0 Å². The summed E-state index contributed by atoms with van der Waals surface area (Å²) in [4.78, 5) is 11.4. The smallest absolute Gasteiger partial charge is 0.262 e. The van der Waals surface area contributed by atoms with Crippen LogP contribution in [0.15, 0.2) is 42.5 Å². The largest absolute Gasteiger partial charge is 0.479 e. The van der Waals surface area contributed by atoms with Crippen LogP contribution in [0.1, 0.15) is 31.9 Å². The van der Waals surface area contributed by atoms with Crippen LogP contribution in [-0.4, -0.2) is 26.7 Å². The van der Waals surface area contributed by atoms with Crippen LogP contribution in [0.4, 0.5) is 11.4 Å². The molecule has 27 heavy (non-hydrogen) atoms. The van der Waals surface area contributed by atoms with Crippen LogP contribution in [0.5, 0.6) is 5.75 Å². The van der Waals surface area contributed by atoms with Gasteiger partial charge in [0.2, 0.25) is 10.0 Å². The van der Waals surface area contributed by atoms with Gasteiger partial charge in [0.1, 0.15) is 0 Å². The van der Waals surface area contributed by atoms with Gasteiger partial charge in [-0.05, 0) is 35.1 Å². The zero-order chi connectivity index (χ0) is 19.7. The van der Waals surface area contributed by atoms with Gasteiger partial charge in [-0.1, -0.05) is 51.1 Å². The van der Waals surface area contributed by atoms with E-state index in [-0.39, 0.29) is 23.7 Å². The third-order valence-electron chi connectivity index (χ3n) is 4.38. The highest BCUT2D eigenvalue weighted by Gasteiger charge is 2.21. The first-order chi connectivity index (χ1) is 12.6. The lowest BCUT2D eigenvalue weighted by Crippen LogP contribution is -2.26. The highest BCUT2D eigenvalue weighted by molar-refractivity contribution is 7.92. The number of hydrogen-bond donors (Lipinski definition) is 2. The SMILES string of the molecule is CC(C)(C)c1ccc(CCS(=O)(=O)Nc2cccc3c2OCC(=O)N3)cc1. The van der Waals surface area contributed by atoms with Crippen molar-refractivity contribution in [1.82, 2.24) is 0 Å². The molecule has 0 unspecified atom stereocenters. The van der Waals surface area contributed by atoms with Crippen LogP contribution >= 0.6 is 0 Å². The number of nitrogens with one attached hydrogen (secondary N) is 2. The lowest BCUT2D eigenvalue weighted by Gasteiger charge is -2.21. The van der Waals surface area contributed by atoms with E-state index < -0.39 is 10.0 Å². The average Bonchev–Trinajstić information content (AvgIpc) is 2.59. The summed E-state index contributed by atoms with van der Waals surface area (Å²) >= 11 is 0. The van der Waals surface area contributed by atoms with Crippen molar-refractivity contribution in [2.75, 3.05) is 22.4 Å². The van der Waals surface area contributed by atoms with E-state index in [1.165, 1.54) is 5.56 Å². The normalized spacial score (nSPS) is 14.1. The Morgan fingerprint density at radius 2 is 1.81 bits per heavy atom. The fourth-order valence-corrected chi connectivity index (χ4v) is 3.94. The molecule has 0 spiro atoms. The second kappa shape index (κ2) is 7.23. The van der Waals surface area contributed by atoms with Gasteiger partial charge < -0.3 is 10.1 Å². The number of rotatable bonds is 5. The fourth-order valence-electron chi connectivity index (χ4n) is 2.84. The second-order valence-electron chi connectivity index (χ2n) is 7.64. The van der Waals surface area contributed by atoms with Gasteiger partial charge >= 0.3 is 0 Å². The molecule has 7 heteroatoms. The quantitative estimate of drug-likeness (QED) is 0.823. The molecule has 1 heterocycles. The van der Waals surface area contributed by atoms with Gasteiger partial charge in [-0.2, -0.15) is 0 Å². The molecular weight excluding hydrogens is 364 g/mol. The third kappa shape index (κ3) is 4.80. The molecule has 1 amide bonds. The van der Waals surface area contributed by atoms with Crippen LogP contribution in [-0.2, 0) is 26.7 Å².